The van der Waals surface area contributed by atoms with E-state index in [1.807, 2.05) is 24.3 Å². The molecule has 0 saturated heterocycles. The van der Waals surface area contributed by atoms with Crippen molar-refractivity contribution in [3.05, 3.63) is 65.2 Å². The van der Waals surface area contributed by atoms with Gasteiger partial charge in [-0.05, 0) is 49.1 Å². The number of nitrogens with zero attached hydrogens (tertiary/aromatic N) is 1. The highest BCUT2D eigenvalue weighted by molar-refractivity contribution is 6.21. The summed E-state index contributed by atoms with van der Waals surface area (Å²) in [5.74, 6) is 6.90. The fourth-order valence-corrected chi connectivity index (χ4v) is 3.83. The number of amides is 2. The van der Waals surface area contributed by atoms with Crippen LogP contribution in [0.3, 0.4) is 0 Å². The van der Waals surface area contributed by atoms with Crippen LogP contribution < -0.4 is 4.74 Å². The second kappa shape index (κ2) is 8.31. The molecule has 0 radical (unpaired) electrons. The Morgan fingerprint density at radius 2 is 1.64 bits per heavy atom. The minimum absolute atomic E-state index is 0.0828. The second-order valence-electron chi connectivity index (χ2n) is 7.39. The lowest BCUT2D eigenvalue weighted by atomic mass is 9.90. The molecule has 0 bridgehead atoms. The average Bonchev–Trinajstić information content (AvgIpc) is 2.98. The van der Waals surface area contributed by atoms with Gasteiger partial charge >= 0.3 is 0 Å². The van der Waals surface area contributed by atoms with Gasteiger partial charge in [0.2, 0.25) is 0 Å². The molecule has 2 aliphatic rings. The topological polar surface area (TPSA) is 46.6 Å². The molecule has 2 aromatic rings. The molecule has 4 heteroatoms. The highest BCUT2D eigenvalue weighted by Crippen LogP contribution is 2.25. The van der Waals surface area contributed by atoms with E-state index in [4.69, 9.17) is 4.74 Å². The highest BCUT2D eigenvalue weighted by atomic mass is 16.5. The number of carbonyl (C=O) groups excluding carboxylic acids is 2. The van der Waals surface area contributed by atoms with Crippen molar-refractivity contribution in [1.82, 2.24) is 4.90 Å². The van der Waals surface area contributed by atoms with Gasteiger partial charge in [-0.25, -0.2) is 0 Å². The lowest BCUT2D eigenvalue weighted by Gasteiger charge is -2.21. The number of hydrogen-bond acceptors (Lipinski definition) is 3. The van der Waals surface area contributed by atoms with E-state index in [0.717, 1.165) is 17.9 Å². The van der Waals surface area contributed by atoms with Gasteiger partial charge < -0.3 is 4.74 Å². The van der Waals surface area contributed by atoms with Gasteiger partial charge in [0.05, 0.1) is 24.3 Å². The number of carbonyl (C=O) groups is 2. The molecule has 2 aromatic carbocycles. The molecule has 1 heterocycles. The van der Waals surface area contributed by atoms with E-state index in [2.05, 4.69) is 11.8 Å². The Hall–Kier alpha value is -3.06. The summed E-state index contributed by atoms with van der Waals surface area (Å²) in [5, 5.41) is 0. The van der Waals surface area contributed by atoms with Crippen LogP contribution in [0.5, 0.6) is 5.75 Å². The van der Waals surface area contributed by atoms with Crippen molar-refractivity contribution in [2.45, 2.75) is 32.1 Å². The van der Waals surface area contributed by atoms with Gasteiger partial charge in [0.25, 0.3) is 11.8 Å². The van der Waals surface area contributed by atoms with Crippen LogP contribution >= 0.6 is 0 Å². The standard InChI is InChI=1S/C24H23NO3/c26-23-21-13-4-5-14-22(21)24(27)25(23)15-7-11-18-10-6-12-20(16-18)28-17-19-8-2-1-3-9-19/h4-6,10,12-14,16,19H,1-3,8-9,15,17H2. The zero-order valence-corrected chi connectivity index (χ0v) is 15.8. The van der Waals surface area contributed by atoms with Gasteiger partial charge in [0.15, 0.2) is 0 Å². The Kier molecular flexibility index (Phi) is 5.43. The Morgan fingerprint density at radius 1 is 0.929 bits per heavy atom. The quantitative estimate of drug-likeness (QED) is 0.593. The van der Waals surface area contributed by atoms with Crippen LogP contribution in [0.4, 0.5) is 0 Å². The molecular weight excluding hydrogens is 350 g/mol. The predicted molar refractivity (Wildman–Crippen MR) is 107 cm³/mol. The maximum atomic E-state index is 12.4. The first-order chi connectivity index (χ1) is 13.7. The molecule has 0 aromatic heterocycles. The fraction of sp³-hybridized carbons (Fsp3) is 0.333. The monoisotopic (exact) mass is 373 g/mol. The maximum Gasteiger partial charge on any atom is 0.262 e. The zero-order chi connectivity index (χ0) is 19.3. The van der Waals surface area contributed by atoms with E-state index >= 15 is 0 Å². The van der Waals surface area contributed by atoms with Crippen LogP contribution in [0, 0.1) is 17.8 Å². The minimum Gasteiger partial charge on any atom is -0.493 e. The summed E-state index contributed by atoms with van der Waals surface area (Å²) < 4.78 is 5.96. The third kappa shape index (κ3) is 3.94. The highest BCUT2D eigenvalue weighted by Gasteiger charge is 2.34. The normalized spacial score (nSPS) is 16.5. The van der Waals surface area contributed by atoms with Gasteiger partial charge in [-0.3, -0.25) is 14.5 Å². The van der Waals surface area contributed by atoms with Crippen molar-refractivity contribution in [3.8, 4) is 17.6 Å². The molecule has 0 spiro atoms. The summed E-state index contributed by atoms with van der Waals surface area (Å²) in [5.41, 5.74) is 1.72. The van der Waals surface area contributed by atoms with Gasteiger partial charge in [-0.1, -0.05) is 49.3 Å². The van der Waals surface area contributed by atoms with E-state index in [-0.39, 0.29) is 18.4 Å². The zero-order valence-electron chi connectivity index (χ0n) is 15.8. The third-order valence-corrected chi connectivity index (χ3v) is 5.39. The number of fused-ring (bicyclic) bond motifs is 1. The molecule has 1 saturated carbocycles. The molecule has 0 unspecified atom stereocenters. The molecule has 4 nitrogen and oxygen atoms in total. The van der Waals surface area contributed by atoms with Crippen LogP contribution in [-0.2, 0) is 0 Å². The Morgan fingerprint density at radius 3 is 2.36 bits per heavy atom. The molecule has 28 heavy (non-hydrogen) atoms. The molecule has 4 rings (SSSR count). The molecule has 1 aliphatic heterocycles. The number of imide groups is 1. The predicted octanol–water partition coefficient (Wildman–Crippen LogP) is 4.29. The number of ether oxygens (including phenoxy) is 1. The summed E-state index contributed by atoms with van der Waals surface area (Å²) in [4.78, 5) is 25.9. The Balaban J connectivity index is 1.37. The summed E-state index contributed by atoms with van der Waals surface area (Å²) in [7, 11) is 0. The number of rotatable bonds is 4. The third-order valence-electron chi connectivity index (χ3n) is 5.39. The van der Waals surface area contributed by atoms with Crippen molar-refractivity contribution in [1.29, 1.82) is 0 Å². The first-order valence-electron chi connectivity index (χ1n) is 9.89. The Bertz CT molecular complexity index is 913. The van der Waals surface area contributed by atoms with E-state index in [9.17, 15) is 9.59 Å². The first-order valence-corrected chi connectivity index (χ1v) is 9.89. The molecule has 1 fully saturated rings. The van der Waals surface area contributed by atoms with Crippen LogP contribution in [0.25, 0.3) is 0 Å². The lowest BCUT2D eigenvalue weighted by molar-refractivity contribution is 0.0675. The van der Waals surface area contributed by atoms with Gasteiger partial charge in [-0.15, -0.1) is 0 Å². The summed E-state index contributed by atoms with van der Waals surface area (Å²) >= 11 is 0. The smallest absolute Gasteiger partial charge is 0.262 e. The number of benzene rings is 2. The van der Waals surface area contributed by atoms with Crippen molar-refractivity contribution < 1.29 is 14.3 Å². The molecule has 0 atom stereocenters. The van der Waals surface area contributed by atoms with E-state index in [1.54, 1.807) is 24.3 Å². The van der Waals surface area contributed by atoms with Crippen molar-refractivity contribution in [3.63, 3.8) is 0 Å². The molecule has 142 valence electrons. The van der Waals surface area contributed by atoms with Crippen molar-refractivity contribution in [2.24, 2.45) is 5.92 Å². The average molecular weight is 373 g/mol. The summed E-state index contributed by atoms with van der Waals surface area (Å²) in [6.45, 7) is 0.839. The van der Waals surface area contributed by atoms with E-state index < -0.39 is 0 Å². The van der Waals surface area contributed by atoms with Crippen LogP contribution in [0.2, 0.25) is 0 Å². The van der Waals surface area contributed by atoms with Crippen LogP contribution in [-0.4, -0.2) is 29.9 Å². The molecule has 0 N–H and O–H groups in total. The second-order valence-corrected chi connectivity index (χ2v) is 7.39. The van der Waals surface area contributed by atoms with Gasteiger partial charge in [0, 0.05) is 5.56 Å². The largest absolute Gasteiger partial charge is 0.493 e. The van der Waals surface area contributed by atoms with Crippen molar-refractivity contribution >= 4 is 11.8 Å². The summed E-state index contributed by atoms with van der Waals surface area (Å²) in [6, 6.07) is 14.6. The fourth-order valence-electron chi connectivity index (χ4n) is 3.83. The summed E-state index contributed by atoms with van der Waals surface area (Å²) in [6.07, 6.45) is 6.45. The SMILES string of the molecule is O=C1c2ccccc2C(=O)N1CC#Cc1cccc(OCC2CCCCC2)c1. The number of hydrogen-bond donors (Lipinski definition) is 0. The van der Waals surface area contributed by atoms with Crippen molar-refractivity contribution in [2.75, 3.05) is 13.2 Å². The lowest BCUT2D eigenvalue weighted by Crippen LogP contribution is -2.29. The molecule has 2 amide bonds. The Labute approximate surface area is 165 Å². The minimum atomic E-state index is -0.278. The van der Waals surface area contributed by atoms with E-state index in [0.29, 0.717) is 17.0 Å². The molecular formula is C24H23NO3. The van der Waals surface area contributed by atoms with E-state index in [1.165, 1.54) is 37.0 Å². The van der Waals surface area contributed by atoms with Gasteiger partial charge in [0.1, 0.15) is 5.75 Å². The van der Waals surface area contributed by atoms with Crippen LogP contribution in [0.15, 0.2) is 48.5 Å². The maximum absolute atomic E-state index is 12.4. The van der Waals surface area contributed by atoms with Gasteiger partial charge in [-0.2, -0.15) is 0 Å². The van der Waals surface area contributed by atoms with Crippen LogP contribution in [0.1, 0.15) is 58.4 Å². The first kappa shape index (κ1) is 18.3. The molecule has 1 aliphatic carbocycles.